The summed E-state index contributed by atoms with van der Waals surface area (Å²) in [5.74, 6) is 1.37. The molecule has 2 fully saturated rings. The van der Waals surface area contributed by atoms with Gasteiger partial charge in [0.15, 0.2) is 11.3 Å². The van der Waals surface area contributed by atoms with Crippen LogP contribution in [-0.2, 0) is 6.54 Å². The number of anilines is 1. The lowest BCUT2D eigenvalue weighted by Crippen LogP contribution is -2.42. The van der Waals surface area contributed by atoms with E-state index in [9.17, 15) is 4.79 Å². The topological polar surface area (TPSA) is 75.1 Å². The predicted octanol–water partition coefficient (Wildman–Crippen LogP) is 2.95. The van der Waals surface area contributed by atoms with Gasteiger partial charge < -0.3 is 15.5 Å². The molecule has 0 unspecified atom stereocenters. The smallest absolute Gasteiger partial charge is 0.272 e. The Balaban J connectivity index is 1.64. The van der Waals surface area contributed by atoms with Crippen molar-refractivity contribution in [3.8, 4) is 0 Å². The summed E-state index contributed by atoms with van der Waals surface area (Å²) in [7, 11) is 0. The van der Waals surface area contributed by atoms with Gasteiger partial charge in [-0.25, -0.2) is 9.67 Å². The van der Waals surface area contributed by atoms with Crippen LogP contribution in [0.25, 0.3) is 11.0 Å². The van der Waals surface area contributed by atoms with Crippen molar-refractivity contribution < 1.29 is 4.79 Å². The molecule has 7 heteroatoms. The molecule has 0 bridgehead atoms. The molecular weight excluding hydrogens is 364 g/mol. The van der Waals surface area contributed by atoms with Gasteiger partial charge in [-0.15, -0.1) is 0 Å². The van der Waals surface area contributed by atoms with Crippen LogP contribution in [0, 0.1) is 5.92 Å². The average molecular weight is 399 g/mol. The highest BCUT2D eigenvalue weighted by atomic mass is 16.2. The zero-order chi connectivity index (χ0) is 20.2. The molecule has 0 radical (unpaired) electrons. The lowest BCUT2D eigenvalue weighted by molar-refractivity contribution is 0.0925. The van der Waals surface area contributed by atoms with Crippen LogP contribution in [0.5, 0.6) is 0 Å². The van der Waals surface area contributed by atoms with E-state index in [1.165, 1.54) is 25.7 Å². The number of carbonyl (C=O) groups is 1. The zero-order valence-corrected chi connectivity index (χ0v) is 17.8. The third-order valence-electron chi connectivity index (χ3n) is 5.94. The summed E-state index contributed by atoms with van der Waals surface area (Å²) in [6.07, 6.45) is 6.96. The van der Waals surface area contributed by atoms with Crippen molar-refractivity contribution in [1.29, 1.82) is 0 Å². The van der Waals surface area contributed by atoms with Crippen LogP contribution >= 0.6 is 0 Å². The third-order valence-corrected chi connectivity index (χ3v) is 5.94. The highest BCUT2D eigenvalue weighted by Crippen LogP contribution is 2.24. The summed E-state index contributed by atoms with van der Waals surface area (Å²) in [6.45, 7) is 9.11. The lowest BCUT2D eigenvalue weighted by Gasteiger charge is -2.23. The van der Waals surface area contributed by atoms with E-state index in [4.69, 9.17) is 10.1 Å². The highest BCUT2D eigenvalue weighted by Gasteiger charge is 2.23. The number of aromatic nitrogens is 3. The first-order valence-electron chi connectivity index (χ1n) is 11.3. The number of nitrogens with one attached hydrogen (secondary N) is 2. The van der Waals surface area contributed by atoms with Crippen molar-refractivity contribution in [2.45, 2.75) is 65.0 Å². The van der Waals surface area contributed by atoms with E-state index in [2.05, 4.69) is 35.4 Å². The van der Waals surface area contributed by atoms with Crippen molar-refractivity contribution in [2.75, 3.05) is 31.1 Å². The van der Waals surface area contributed by atoms with Gasteiger partial charge in [0, 0.05) is 25.7 Å². The SMILES string of the molecule is CC(C)Cn1nc(C(=O)NC2CCNCC2)c2ccc(N3CCCCCC3)nc21. The fourth-order valence-corrected chi connectivity index (χ4v) is 4.38. The van der Waals surface area contributed by atoms with Gasteiger partial charge >= 0.3 is 0 Å². The number of fused-ring (bicyclic) bond motifs is 1. The van der Waals surface area contributed by atoms with E-state index in [0.29, 0.717) is 11.6 Å². The van der Waals surface area contributed by atoms with Crippen LogP contribution in [0.2, 0.25) is 0 Å². The fraction of sp³-hybridized carbons (Fsp3) is 0.682. The number of hydrogen-bond donors (Lipinski definition) is 2. The van der Waals surface area contributed by atoms with Crippen molar-refractivity contribution >= 4 is 22.8 Å². The number of amides is 1. The van der Waals surface area contributed by atoms with Gasteiger partial charge in [-0.05, 0) is 56.8 Å². The molecule has 0 spiro atoms. The molecule has 2 aromatic rings. The summed E-state index contributed by atoms with van der Waals surface area (Å²) < 4.78 is 1.93. The standard InChI is InChI=1S/C22H34N6O/c1-16(2)15-28-21-18(7-8-19(25-21)27-13-5-3-4-6-14-27)20(26-28)22(29)24-17-9-11-23-12-10-17/h7-8,16-17,23H,3-6,9-15H2,1-2H3,(H,24,29). The number of nitrogens with zero attached hydrogens (tertiary/aromatic N) is 4. The van der Waals surface area contributed by atoms with Crippen LogP contribution in [-0.4, -0.2) is 52.9 Å². The Morgan fingerprint density at radius 2 is 1.90 bits per heavy atom. The minimum absolute atomic E-state index is 0.0753. The normalized spacial score (nSPS) is 18.9. The number of piperidine rings is 1. The second kappa shape index (κ2) is 9.11. The zero-order valence-electron chi connectivity index (χ0n) is 17.8. The first-order chi connectivity index (χ1) is 14.1. The highest BCUT2D eigenvalue weighted by molar-refractivity contribution is 6.04. The minimum atomic E-state index is -0.0753. The Labute approximate surface area is 173 Å². The van der Waals surface area contributed by atoms with Crippen molar-refractivity contribution in [3.05, 3.63) is 17.8 Å². The maximum atomic E-state index is 13.0. The molecule has 2 aliphatic rings. The second-order valence-electron chi connectivity index (χ2n) is 8.86. The third kappa shape index (κ3) is 4.71. The molecule has 158 valence electrons. The van der Waals surface area contributed by atoms with Gasteiger partial charge in [-0.3, -0.25) is 4.79 Å². The lowest BCUT2D eigenvalue weighted by atomic mass is 10.1. The molecule has 0 aliphatic carbocycles. The molecule has 1 amide bonds. The van der Waals surface area contributed by atoms with Crippen LogP contribution in [0.1, 0.15) is 62.9 Å². The minimum Gasteiger partial charge on any atom is -0.357 e. The van der Waals surface area contributed by atoms with E-state index < -0.39 is 0 Å². The van der Waals surface area contributed by atoms with Crippen LogP contribution in [0.4, 0.5) is 5.82 Å². The van der Waals surface area contributed by atoms with E-state index in [-0.39, 0.29) is 11.9 Å². The van der Waals surface area contributed by atoms with Crippen molar-refractivity contribution in [3.63, 3.8) is 0 Å². The monoisotopic (exact) mass is 398 g/mol. The van der Waals surface area contributed by atoms with Gasteiger partial charge in [0.1, 0.15) is 5.82 Å². The van der Waals surface area contributed by atoms with E-state index >= 15 is 0 Å². The Kier molecular flexibility index (Phi) is 6.33. The van der Waals surface area contributed by atoms with Crippen LogP contribution < -0.4 is 15.5 Å². The molecule has 4 heterocycles. The van der Waals surface area contributed by atoms with E-state index in [1.54, 1.807) is 0 Å². The van der Waals surface area contributed by atoms with Crippen LogP contribution in [0.15, 0.2) is 12.1 Å². The van der Waals surface area contributed by atoms with E-state index in [1.807, 2.05) is 10.7 Å². The molecule has 2 aliphatic heterocycles. The molecular formula is C22H34N6O. The number of pyridine rings is 1. The second-order valence-corrected chi connectivity index (χ2v) is 8.86. The fourth-order valence-electron chi connectivity index (χ4n) is 4.38. The summed E-state index contributed by atoms with van der Waals surface area (Å²) in [5, 5.41) is 12.1. The summed E-state index contributed by atoms with van der Waals surface area (Å²) in [4.78, 5) is 20.4. The Hall–Kier alpha value is -2.15. The molecule has 2 N–H and O–H groups in total. The Morgan fingerprint density at radius 1 is 1.17 bits per heavy atom. The largest absolute Gasteiger partial charge is 0.357 e. The molecule has 0 aromatic carbocycles. The van der Waals surface area contributed by atoms with Gasteiger partial charge in [-0.1, -0.05) is 26.7 Å². The summed E-state index contributed by atoms with van der Waals surface area (Å²) >= 11 is 0. The van der Waals surface area contributed by atoms with Gasteiger partial charge in [0.25, 0.3) is 5.91 Å². The molecule has 4 rings (SSSR count). The number of hydrogen-bond acceptors (Lipinski definition) is 5. The van der Waals surface area contributed by atoms with Crippen molar-refractivity contribution in [2.24, 2.45) is 5.92 Å². The Bertz CT molecular complexity index is 831. The molecule has 0 atom stereocenters. The molecule has 29 heavy (non-hydrogen) atoms. The molecule has 7 nitrogen and oxygen atoms in total. The van der Waals surface area contributed by atoms with Gasteiger partial charge in [-0.2, -0.15) is 5.10 Å². The maximum Gasteiger partial charge on any atom is 0.272 e. The van der Waals surface area contributed by atoms with Crippen molar-refractivity contribution in [1.82, 2.24) is 25.4 Å². The summed E-state index contributed by atoms with van der Waals surface area (Å²) in [5.41, 5.74) is 1.34. The van der Waals surface area contributed by atoms with Gasteiger partial charge in [0.2, 0.25) is 0 Å². The molecule has 0 saturated carbocycles. The summed E-state index contributed by atoms with van der Waals surface area (Å²) in [6, 6.07) is 4.33. The number of carbonyl (C=O) groups excluding carboxylic acids is 1. The Morgan fingerprint density at radius 3 is 2.59 bits per heavy atom. The molecule has 2 saturated heterocycles. The van der Waals surface area contributed by atoms with Crippen LogP contribution in [0.3, 0.4) is 0 Å². The quantitative estimate of drug-likeness (QED) is 0.810. The average Bonchev–Trinajstić information content (AvgIpc) is 2.89. The first-order valence-corrected chi connectivity index (χ1v) is 11.3. The maximum absolute atomic E-state index is 13.0. The van der Waals surface area contributed by atoms with Gasteiger partial charge in [0.05, 0.1) is 5.39 Å². The first kappa shape index (κ1) is 20.1. The molecule has 2 aromatic heterocycles. The predicted molar refractivity (Wildman–Crippen MR) is 116 cm³/mol. The number of rotatable bonds is 5. The van der Waals surface area contributed by atoms with E-state index in [0.717, 1.165) is 62.4 Å².